The molecule has 1 aromatic heterocycles. The zero-order valence-electron chi connectivity index (χ0n) is 19.4. The van der Waals surface area contributed by atoms with Crippen molar-refractivity contribution < 1.29 is 9.50 Å². The monoisotopic (exact) mass is 454 g/mol. The van der Waals surface area contributed by atoms with Crippen LogP contribution in [-0.2, 0) is 5.41 Å². The van der Waals surface area contributed by atoms with Crippen LogP contribution in [0.2, 0.25) is 0 Å². The topological polar surface area (TPSA) is 72.5 Å². The molecule has 2 aromatic carbocycles. The Hall–Kier alpha value is -3.56. The molecule has 1 aliphatic heterocycles. The smallest absolute Gasteiger partial charge is 0.207 e. The van der Waals surface area contributed by atoms with Gasteiger partial charge in [0.1, 0.15) is 11.5 Å². The van der Waals surface area contributed by atoms with Crippen LogP contribution in [-0.4, -0.2) is 33.9 Å². The Kier molecular flexibility index (Phi) is 5.66. The second-order valence-corrected chi connectivity index (χ2v) is 9.61. The average molecular weight is 455 g/mol. The van der Waals surface area contributed by atoms with Crippen LogP contribution in [0.5, 0.6) is 0 Å². The maximum absolute atomic E-state index is 13.4. The number of aromatic nitrogens is 1. The van der Waals surface area contributed by atoms with Crippen LogP contribution >= 0.6 is 0 Å². The third kappa shape index (κ3) is 3.76. The molecule has 2 atom stereocenters. The second-order valence-electron chi connectivity index (χ2n) is 9.61. The fourth-order valence-corrected chi connectivity index (χ4v) is 5.63. The van der Waals surface area contributed by atoms with Gasteiger partial charge in [-0.15, -0.1) is 0 Å². The van der Waals surface area contributed by atoms with Gasteiger partial charge in [0.25, 0.3) is 0 Å². The van der Waals surface area contributed by atoms with Crippen molar-refractivity contribution >= 4 is 5.84 Å². The zero-order chi connectivity index (χ0) is 23.9. The molecule has 1 spiro atoms. The maximum Gasteiger partial charge on any atom is 0.207 e. The van der Waals surface area contributed by atoms with Crippen LogP contribution in [0.1, 0.15) is 61.1 Å². The minimum atomic E-state index is -0.540. The quantitative estimate of drug-likeness (QED) is 0.330. The highest BCUT2D eigenvalue weighted by molar-refractivity contribution is 5.98. The number of halogens is 1. The summed E-state index contributed by atoms with van der Waals surface area (Å²) >= 11 is 0. The minimum absolute atomic E-state index is 0.221. The number of aliphatic hydroxyl groups is 1. The third-order valence-electron chi connectivity index (χ3n) is 7.23. The Morgan fingerprint density at radius 2 is 2.06 bits per heavy atom. The van der Waals surface area contributed by atoms with E-state index in [9.17, 15) is 14.8 Å². The van der Waals surface area contributed by atoms with Gasteiger partial charge in [-0.1, -0.05) is 50.2 Å². The molecule has 34 heavy (non-hydrogen) atoms. The number of fused-ring (bicyclic) bond motifs is 2. The van der Waals surface area contributed by atoms with E-state index in [0.29, 0.717) is 37.0 Å². The van der Waals surface area contributed by atoms with Crippen LogP contribution in [0.15, 0.2) is 65.8 Å². The number of likely N-dealkylation sites (tertiary alicyclic amines) is 1. The molecule has 6 heteroatoms. The summed E-state index contributed by atoms with van der Waals surface area (Å²) in [6, 6.07) is 17.8. The number of aliphatic imine (C=N–C) groups is 1. The number of nitriles is 1. The predicted octanol–water partition coefficient (Wildman–Crippen LogP) is 5.32. The molecule has 0 saturated carbocycles. The van der Waals surface area contributed by atoms with Crippen molar-refractivity contribution in [2.45, 2.75) is 44.1 Å². The molecule has 0 amide bonds. The molecule has 3 aromatic rings. The summed E-state index contributed by atoms with van der Waals surface area (Å²) < 4.78 is 13.4. The summed E-state index contributed by atoms with van der Waals surface area (Å²) in [6.45, 7) is 5.70. The summed E-state index contributed by atoms with van der Waals surface area (Å²) in [6.07, 6.45) is 3.93. The van der Waals surface area contributed by atoms with E-state index in [2.05, 4.69) is 66.3 Å². The van der Waals surface area contributed by atoms with Crippen LogP contribution < -0.4 is 0 Å². The van der Waals surface area contributed by atoms with Gasteiger partial charge < -0.3 is 10.0 Å². The number of benzene rings is 2. The molecule has 1 aliphatic carbocycles. The van der Waals surface area contributed by atoms with Crippen molar-refractivity contribution in [3.8, 4) is 17.3 Å². The highest BCUT2D eigenvalue weighted by Gasteiger charge is 2.48. The Morgan fingerprint density at radius 1 is 1.24 bits per heavy atom. The molecule has 0 bridgehead atoms. The standard InChI is InChI=1S/C28H27FN4O/c1-18(2)21-5-3-4-6-22(21)19-7-9-24-23(13-19)26(34)14-28(24)11-12-33(16-28)27(32-17-30)25-10-8-20(29)15-31-25/h3-10,13,15,18,26,34H,11-12,14,16H2,1-2H3. The molecular formula is C28H27FN4O. The van der Waals surface area contributed by atoms with Gasteiger partial charge in [0.05, 0.1) is 12.3 Å². The van der Waals surface area contributed by atoms with E-state index in [4.69, 9.17) is 0 Å². The van der Waals surface area contributed by atoms with Gasteiger partial charge in [-0.05, 0) is 64.8 Å². The van der Waals surface area contributed by atoms with Crippen molar-refractivity contribution in [2.75, 3.05) is 13.1 Å². The lowest BCUT2D eigenvalue weighted by Crippen LogP contribution is -2.34. The third-order valence-corrected chi connectivity index (χ3v) is 7.23. The van der Waals surface area contributed by atoms with Gasteiger partial charge >= 0.3 is 0 Å². The Bertz CT molecular complexity index is 1290. The van der Waals surface area contributed by atoms with Crippen molar-refractivity contribution in [1.82, 2.24) is 9.88 Å². The number of amidine groups is 1. The molecule has 1 saturated heterocycles. The summed E-state index contributed by atoms with van der Waals surface area (Å²) in [5.41, 5.74) is 6.01. The Balaban J connectivity index is 1.48. The number of pyridine rings is 1. The van der Waals surface area contributed by atoms with Gasteiger partial charge in [0.2, 0.25) is 6.19 Å². The lowest BCUT2D eigenvalue weighted by atomic mass is 9.80. The number of nitrogens with zero attached hydrogens (tertiary/aromatic N) is 4. The SMILES string of the molecule is CC(C)c1ccccc1-c1ccc2c(c1)C(O)CC21CCN(C(=NC#N)c2ccc(F)cn2)C1. The number of aliphatic hydroxyl groups excluding tert-OH is 1. The van der Waals surface area contributed by atoms with Crippen LogP contribution in [0.25, 0.3) is 11.1 Å². The first-order valence-corrected chi connectivity index (χ1v) is 11.7. The van der Waals surface area contributed by atoms with Crippen LogP contribution in [0.4, 0.5) is 4.39 Å². The predicted molar refractivity (Wildman–Crippen MR) is 130 cm³/mol. The lowest BCUT2D eigenvalue weighted by molar-refractivity contribution is 0.156. The van der Waals surface area contributed by atoms with Crippen LogP contribution in [0.3, 0.4) is 0 Å². The molecule has 2 unspecified atom stereocenters. The average Bonchev–Trinajstić information content (AvgIpc) is 3.38. The molecule has 1 fully saturated rings. The van der Waals surface area contributed by atoms with E-state index in [1.807, 2.05) is 11.1 Å². The van der Waals surface area contributed by atoms with E-state index < -0.39 is 11.9 Å². The first kappa shape index (κ1) is 22.2. The first-order valence-electron chi connectivity index (χ1n) is 11.7. The summed E-state index contributed by atoms with van der Waals surface area (Å²) in [4.78, 5) is 10.2. The van der Waals surface area contributed by atoms with Gasteiger partial charge in [0, 0.05) is 18.5 Å². The van der Waals surface area contributed by atoms with Crippen molar-refractivity contribution in [1.29, 1.82) is 5.26 Å². The Labute approximate surface area is 199 Å². The van der Waals surface area contributed by atoms with E-state index in [-0.39, 0.29) is 5.41 Å². The van der Waals surface area contributed by atoms with Gasteiger partial charge in [-0.2, -0.15) is 10.3 Å². The molecule has 0 radical (unpaired) electrons. The van der Waals surface area contributed by atoms with Crippen LogP contribution in [0, 0.1) is 17.3 Å². The first-order chi connectivity index (χ1) is 16.4. The molecule has 5 rings (SSSR count). The molecule has 1 N–H and O–H groups in total. The highest BCUT2D eigenvalue weighted by atomic mass is 19.1. The van der Waals surface area contributed by atoms with E-state index in [1.165, 1.54) is 17.2 Å². The van der Waals surface area contributed by atoms with Gasteiger partial charge in [-0.25, -0.2) is 9.37 Å². The molecule has 172 valence electrons. The lowest BCUT2D eigenvalue weighted by Gasteiger charge is -2.26. The normalized spacial score (nSPS) is 21.8. The summed E-state index contributed by atoms with van der Waals surface area (Å²) in [7, 11) is 0. The summed E-state index contributed by atoms with van der Waals surface area (Å²) in [5.74, 6) is 0.424. The highest BCUT2D eigenvalue weighted by Crippen LogP contribution is 2.51. The Morgan fingerprint density at radius 3 is 2.79 bits per heavy atom. The molecule has 5 nitrogen and oxygen atoms in total. The van der Waals surface area contributed by atoms with Crippen molar-refractivity contribution in [3.05, 3.63) is 89.0 Å². The molecule has 2 heterocycles. The zero-order valence-corrected chi connectivity index (χ0v) is 19.4. The van der Waals surface area contributed by atoms with E-state index in [1.54, 1.807) is 6.07 Å². The largest absolute Gasteiger partial charge is 0.388 e. The summed E-state index contributed by atoms with van der Waals surface area (Å²) in [5, 5.41) is 20.3. The number of rotatable bonds is 3. The maximum atomic E-state index is 13.4. The fourth-order valence-electron chi connectivity index (χ4n) is 5.63. The van der Waals surface area contributed by atoms with E-state index in [0.717, 1.165) is 29.3 Å². The molecular weight excluding hydrogens is 427 g/mol. The van der Waals surface area contributed by atoms with Gasteiger partial charge in [-0.3, -0.25) is 0 Å². The number of hydrogen-bond acceptors (Lipinski definition) is 4. The fraction of sp³-hybridized carbons (Fsp3) is 0.321. The number of hydrogen-bond donors (Lipinski definition) is 1. The van der Waals surface area contributed by atoms with Crippen molar-refractivity contribution in [2.24, 2.45) is 4.99 Å². The molecule has 2 aliphatic rings. The van der Waals surface area contributed by atoms with E-state index >= 15 is 0 Å². The minimum Gasteiger partial charge on any atom is -0.388 e. The van der Waals surface area contributed by atoms with Crippen molar-refractivity contribution in [3.63, 3.8) is 0 Å². The second kappa shape index (κ2) is 8.66. The van der Waals surface area contributed by atoms with Gasteiger partial charge in [0.15, 0.2) is 5.84 Å².